The Balaban J connectivity index is 1.92. The first kappa shape index (κ1) is 21.0. The summed E-state index contributed by atoms with van der Waals surface area (Å²) in [7, 11) is 4.05. The Morgan fingerprint density at radius 1 is 1.04 bits per heavy atom. The van der Waals surface area contributed by atoms with Crippen LogP contribution in [-0.4, -0.2) is 38.1 Å². The summed E-state index contributed by atoms with van der Waals surface area (Å²) in [4.78, 5) is 14.3. The Labute approximate surface area is 163 Å². The lowest BCUT2D eigenvalue weighted by Gasteiger charge is -2.26. The SMILES string of the molecule is Cc1ccc(OCC(=O)NCC(c2ccc(C(C)(C)C)cc2)N(C)C)cc1. The molecule has 0 fully saturated rings. The van der Waals surface area contributed by atoms with Gasteiger partial charge in [0, 0.05) is 6.54 Å². The van der Waals surface area contributed by atoms with E-state index in [2.05, 4.69) is 55.3 Å². The molecule has 27 heavy (non-hydrogen) atoms. The van der Waals surface area contributed by atoms with Gasteiger partial charge in [-0.3, -0.25) is 4.79 Å². The maximum atomic E-state index is 12.2. The zero-order chi connectivity index (χ0) is 20.0. The van der Waals surface area contributed by atoms with E-state index in [0.29, 0.717) is 12.3 Å². The van der Waals surface area contributed by atoms with E-state index < -0.39 is 0 Å². The lowest BCUT2D eigenvalue weighted by Crippen LogP contribution is -2.36. The van der Waals surface area contributed by atoms with Crippen molar-refractivity contribution in [2.24, 2.45) is 0 Å². The van der Waals surface area contributed by atoms with Crippen molar-refractivity contribution in [2.75, 3.05) is 27.2 Å². The first-order valence-electron chi connectivity index (χ1n) is 9.40. The van der Waals surface area contributed by atoms with Crippen LogP contribution in [0.3, 0.4) is 0 Å². The second-order valence-corrected chi connectivity index (χ2v) is 8.26. The summed E-state index contributed by atoms with van der Waals surface area (Å²) in [5.74, 6) is 0.589. The quantitative estimate of drug-likeness (QED) is 0.800. The molecule has 2 aromatic rings. The minimum atomic E-state index is -0.117. The predicted molar refractivity (Wildman–Crippen MR) is 111 cm³/mol. The molecule has 1 amide bonds. The van der Waals surface area contributed by atoms with Crippen LogP contribution in [0.25, 0.3) is 0 Å². The molecule has 0 bridgehead atoms. The van der Waals surface area contributed by atoms with Gasteiger partial charge in [-0.05, 0) is 49.7 Å². The summed E-state index contributed by atoms with van der Waals surface area (Å²) in [5, 5.41) is 2.98. The highest BCUT2D eigenvalue weighted by molar-refractivity contribution is 5.77. The van der Waals surface area contributed by atoms with Crippen LogP contribution in [0.5, 0.6) is 5.75 Å². The molecule has 1 N–H and O–H groups in total. The lowest BCUT2D eigenvalue weighted by atomic mass is 9.86. The molecule has 0 aliphatic heterocycles. The van der Waals surface area contributed by atoms with Crippen LogP contribution in [-0.2, 0) is 10.2 Å². The molecule has 0 aliphatic rings. The minimum Gasteiger partial charge on any atom is -0.484 e. The zero-order valence-electron chi connectivity index (χ0n) is 17.4. The molecule has 0 saturated carbocycles. The molecule has 0 heterocycles. The normalized spacial score (nSPS) is 12.7. The van der Waals surface area contributed by atoms with Gasteiger partial charge in [0.1, 0.15) is 5.75 Å². The summed E-state index contributed by atoms with van der Waals surface area (Å²) in [6, 6.07) is 16.5. The van der Waals surface area contributed by atoms with E-state index in [9.17, 15) is 4.79 Å². The topological polar surface area (TPSA) is 41.6 Å². The van der Waals surface area contributed by atoms with Gasteiger partial charge in [0.15, 0.2) is 6.61 Å². The summed E-state index contributed by atoms with van der Waals surface area (Å²) in [6.07, 6.45) is 0. The van der Waals surface area contributed by atoms with E-state index in [0.717, 1.165) is 5.56 Å². The number of nitrogens with zero attached hydrogens (tertiary/aromatic N) is 1. The minimum absolute atomic E-state index is 0.0200. The number of likely N-dealkylation sites (N-methyl/N-ethyl adjacent to an activating group) is 1. The van der Waals surface area contributed by atoms with E-state index in [1.165, 1.54) is 11.1 Å². The predicted octanol–water partition coefficient (Wildman–Crippen LogP) is 4.09. The van der Waals surface area contributed by atoms with Gasteiger partial charge in [0.05, 0.1) is 6.04 Å². The van der Waals surface area contributed by atoms with Crippen LogP contribution < -0.4 is 10.1 Å². The fourth-order valence-corrected chi connectivity index (χ4v) is 2.85. The molecule has 0 aliphatic carbocycles. The summed E-state index contributed by atoms with van der Waals surface area (Å²) >= 11 is 0. The van der Waals surface area contributed by atoms with E-state index >= 15 is 0 Å². The Morgan fingerprint density at radius 2 is 1.63 bits per heavy atom. The van der Waals surface area contributed by atoms with E-state index in [4.69, 9.17) is 4.74 Å². The molecule has 2 rings (SSSR count). The third-order valence-corrected chi connectivity index (χ3v) is 4.67. The van der Waals surface area contributed by atoms with Crippen LogP contribution in [0.4, 0.5) is 0 Å². The molecule has 4 heteroatoms. The number of aryl methyl sites for hydroxylation is 1. The molecular formula is C23H32N2O2. The van der Waals surface area contributed by atoms with Crippen LogP contribution in [0.1, 0.15) is 43.5 Å². The molecule has 0 spiro atoms. The van der Waals surface area contributed by atoms with E-state index in [1.54, 1.807) is 0 Å². The molecule has 1 atom stereocenters. The van der Waals surface area contributed by atoms with Crippen molar-refractivity contribution in [1.82, 2.24) is 10.2 Å². The number of carbonyl (C=O) groups excluding carboxylic acids is 1. The van der Waals surface area contributed by atoms with Crippen LogP contribution in [0.2, 0.25) is 0 Å². The van der Waals surface area contributed by atoms with Gasteiger partial charge in [-0.25, -0.2) is 0 Å². The van der Waals surface area contributed by atoms with Gasteiger partial charge < -0.3 is 15.0 Å². The standard InChI is InChI=1S/C23H32N2O2/c1-17-7-13-20(14-8-17)27-16-22(26)24-15-21(25(5)6)18-9-11-19(12-10-18)23(2,3)4/h7-14,21H,15-16H2,1-6H3,(H,24,26). The van der Waals surface area contributed by atoms with Crippen molar-refractivity contribution in [2.45, 2.75) is 39.2 Å². The third kappa shape index (κ3) is 6.40. The number of carbonyl (C=O) groups is 1. The fourth-order valence-electron chi connectivity index (χ4n) is 2.85. The molecule has 1 unspecified atom stereocenters. The molecule has 146 valence electrons. The maximum absolute atomic E-state index is 12.2. The number of amides is 1. The van der Waals surface area contributed by atoms with Crippen LogP contribution in [0, 0.1) is 6.92 Å². The van der Waals surface area contributed by atoms with E-state index in [-0.39, 0.29) is 24.0 Å². The van der Waals surface area contributed by atoms with Crippen molar-refractivity contribution < 1.29 is 9.53 Å². The third-order valence-electron chi connectivity index (χ3n) is 4.67. The van der Waals surface area contributed by atoms with Gasteiger partial charge in [-0.15, -0.1) is 0 Å². The first-order valence-corrected chi connectivity index (χ1v) is 9.40. The second-order valence-electron chi connectivity index (χ2n) is 8.26. The Kier molecular flexibility index (Phi) is 7.03. The molecule has 0 radical (unpaired) electrons. The number of ether oxygens (including phenoxy) is 1. The van der Waals surface area contributed by atoms with Crippen molar-refractivity contribution in [1.29, 1.82) is 0 Å². The number of benzene rings is 2. The van der Waals surface area contributed by atoms with Gasteiger partial charge in [-0.1, -0.05) is 62.7 Å². The van der Waals surface area contributed by atoms with E-state index in [1.807, 2.05) is 45.3 Å². The average molecular weight is 369 g/mol. The second kappa shape index (κ2) is 9.05. The van der Waals surface area contributed by atoms with Crippen molar-refractivity contribution in [3.05, 3.63) is 65.2 Å². The zero-order valence-corrected chi connectivity index (χ0v) is 17.4. The highest BCUT2D eigenvalue weighted by atomic mass is 16.5. The highest BCUT2D eigenvalue weighted by Gasteiger charge is 2.18. The van der Waals surface area contributed by atoms with Gasteiger partial charge in [0.25, 0.3) is 5.91 Å². The summed E-state index contributed by atoms with van der Waals surface area (Å²) in [6.45, 7) is 9.20. The van der Waals surface area contributed by atoms with Gasteiger partial charge in [-0.2, -0.15) is 0 Å². The first-order chi connectivity index (χ1) is 12.7. The Morgan fingerprint density at radius 3 is 2.15 bits per heavy atom. The van der Waals surface area contributed by atoms with Crippen molar-refractivity contribution in [3.8, 4) is 5.75 Å². The van der Waals surface area contributed by atoms with Crippen LogP contribution in [0.15, 0.2) is 48.5 Å². The molecule has 4 nitrogen and oxygen atoms in total. The number of hydrogen-bond donors (Lipinski definition) is 1. The van der Waals surface area contributed by atoms with Crippen molar-refractivity contribution in [3.63, 3.8) is 0 Å². The highest BCUT2D eigenvalue weighted by Crippen LogP contribution is 2.25. The lowest BCUT2D eigenvalue weighted by molar-refractivity contribution is -0.123. The molecule has 2 aromatic carbocycles. The maximum Gasteiger partial charge on any atom is 0.258 e. The number of nitrogens with one attached hydrogen (secondary N) is 1. The monoisotopic (exact) mass is 368 g/mol. The smallest absolute Gasteiger partial charge is 0.258 e. The summed E-state index contributed by atoms with van der Waals surface area (Å²) < 4.78 is 5.55. The molecule has 0 saturated heterocycles. The Hall–Kier alpha value is -2.33. The summed E-state index contributed by atoms with van der Waals surface area (Å²) in [5.41, 5.74) is 3.79. The molecule has 0 aromatic heterocycles. The Bertz CT molecular complexity index is 728. The average Bonchev–Trinajstić information content (AvgIpc) is 2.61. The van der Waals surface area contributed by atoms with Gasteiger partial charge in [0.2, 0.25) is 0 Å². The fraction of sp³-hybridized carbons (Fsp3) is 0.435. The largest absolute Gasteiger partial charge is 0.484 e. The molecular weight excluding hydrogens is 336 g/mol. The van der Waals surface area contributed by atoms with Crippen LogP contribution >= 0.6 is 0 Å². The number of rotatable bonds is 7. The van der Waals surface area contributed by atoms with Gasteiger partial charge >= 0.3 is 0 Å². The number of hydrogen-bond acceptors (Lipinski definition) is 3. The van der Waals surface area contributed by atoms with Crippen molar-refractivity contribution >= 4 is 5.91 Å².